The summed E-state index contributed by atoms with van der Waals surface area (Å²) in [5.74, 6) is 0.928. The molecular weight excluding hydrogens is 276 g/mol. The third-order valence-corrected chi connectivity index (χ3v) is 5.03. The molecular formula is C14H17ClN4O. The molecule has 0 N–H and O–H groups in total. The van der Waals surface area contributed by atoms with Crippen LogP contribution in [0.3, 0.4) is 0 Å². The van der Waals surface area contributed by atoms with Gasteiger partial charge in [-0.05, 0) is 12.8 Å². The molecule has 4 rings (SSSR count). The van der Waals surface area contributed by atoms with E-state index in [0.717, 1.165) is 29.9 Å². The van der Waals surface area contributed by atoms with Crippen molar-refractivity contribution in [3.63, 3.8) is 0 Å². The molecule has 20 heavy (non-hydrogen) atoms. The Morgan fingerprint density at radius 3 is 2.90 bits per heavy atom. The van der Waals surface area contributed by atoms with E-state index < -0.39 is 0 Å². The molecule has 106 valence electrons. The molecule has 2 aromatic rings. The van der Waals surface area contributed by atoms with Crippen molar-refractivity contribution in [2.24, 2.45) is 12.5 Å². The van der Waals surface area contributed by atoms with Crippen LogP contribution in [0.1, 0.15) is 12.8 Å². The first kappa shape index (κ1) is 12.4. The highest BCUT2D eigenvalue weighted by molar-refractivity contribution is 6.35. The molecule has 0 amide bonds. The van der Waals surface area contributed by atoms with E-state index in [0.29, 0.717) is 16.5 Å². The second kappa shape index (κ2) is 4.09. The summed E-state index contributed by atoms with van der Waals surface area (Å²) in [5, 5.41) is 5.84. The van der Waals surface area contributed by atoms with Crippen molar-refractivity contribution in [1.29, 1.82) is 0 Å². The molecule has 6 heteroatoms. The van der Waals surface area contributed by atoms with Crippen LogP contribution in [0.15, 0.2) is 12.3 Å². The highest BCUT2D eigenvalue weighted by atomic mass is 35.5. The quantitative estimate of drug-likeness (QED) is 0.851. The van der Waals surface area contributed by atoms with Crippen molar-refractivity contribution in [3.8, 4) is 0 Å². The minimum Gasteiger partial charge on any atom is -0.379 e. The molecule has 1 saturated heterocycles. The van der Waals surface area contributed by atoms with Gasteiger partial charge in [0.15, 0.2) is 5.65 Å². The summed E-state index contributed by atoms with van der Waals surface area (Å²) in [4.78, 5) is 7.02. The number of aromatic nitrogens is 3. The summed E-state index contributed by atoms with van der Waals surface area (Å²) in [6.45, 7) is 1.90. The van der Waals surface area contributed by atoms with Gasteiger partial charge in [0.1, 0.15) is 5.82 Å². The molecule has 2 aromatic heterocycles. The minimum atomic E-state index is 0.310. The van der Waals surface area contributed by atoms with Crippen molar-refractivity contribution in [3.05, 3.63) is 17.3 Å². The number of hydrogen-bond acceptors (Lipinski definition) is 4. The molecule has 0 radical (unpaired) electrons. The van der Waals surface area contributed by atoms with E-state index in [1.54, 1.807) is 18.0 Å². The number of rotatable bonds is 2. The van der Waals surface area contributed by atoms with Crippen LogP contribution in [-0.2, 0) is 11.8 Å². The average molecular weight is 293 g/mol. The molecule has 1 aliphatic heterocycles. The number of aryl methyl sites for hydroxylation is 1. The second-order valence-corrected chi connectivity index (χ2v) is 6.34. The van der Waals surface area contributed by atoms with Gasteiger partial charge < -0.3 is 9.64 Å². The van der Waals surface area contributed by atoms with Crippen LogP contribution in [0.5, 0.6) is 0 Å². The zero-order valence-corrected chi connectivity index (χ0v) is 12.4. The van der Waals surface area contributed by atoms with Crippen LogP contribution in [0.2, 0.25) is 5.02 Å². The Balaban J connectivity index is 1.74. The largest absolute Gasteiger partial charge is 0.379 e. The molecule has 3 heterocycles. The number of fused-ring (bicyclic) bond motifs is 1. The van der Waals surface area contributed by atoms with Crippen molar-refractivity contribution in [2.75, 3.05) is 25.1 Å². The lowest BCUT2D eigenvalue weighted by Gasteiger charge is -2.17. The van der Waals surface area contributed by atoms with Gasteiger partial charge >= 0.3 is 0 Å². The first-order chi connectivity index (χ1) is 9.63. The maximum absolute atomic E-state index is 6.36. The summed E-state index contributed by atoms with van der Waals surface area (Å²) >= 11 is 6.36. The van der Waals surface area contributed by atoms with Crippen molar-refractivity contribution in [2.45, 2.75) is 18.9 Å². The van der Waals surface area contributed by atoms with Gasteiger partial charge in [-0.15, -0.1) is 0 Å². The predicted molar refractivity (Wildman–Crippen MR) is 78.2 cm³/mol. The monoisotopic (exact) mass is 292 g/mol. The van der Waals surface area contributed by atoms with Crippen LogP contribution < -0.4 is 4.90 Å². The normalized spacial score (nSPS) is 23.9. The molecule has 0 bridgehead atoms. The topological polar surface area (TPSA) is 43.2 Å². The fourth-order valence-electron chi connectivity index (χ4n) is 3.31. The summed E-state index contributed by atoms with van der Waals surface area (Å²) < 4.78 is 7.41. The molecule has 1 aliphatic carbocycles. The third kappa shape index (κ3) is 1.66. The number of pyridine rings is 1. The Morgan fingerprint density at radius 1 is 1.45 bits per heavy atom. The molecule has 2 aliphatic rings. The van der Waals surface area contributed by atoms with Gasteiger partial charge in [0, 0.05) is 38.7 Å². The lowest BCUT2D eigenvalue weighted by molar-refractivity contribution is 0.0738. The van der Waals surface area contributed by atoms with Crippen LogP contribution >= 0.6 is 11.6 Å². The Bertz CT molecular complexity index is 679. The van der Waals surface area contributed by atoms with Gasteiger partial charge in [-0.2, -0.15) is 5.10 Å². The zero-order chi connectivity index (χ0) is 13.9. The second-order valence-electron chi connectivity index (χ2n) is 5.93. The third-order valence-electron chi connectivity index (χ3n) is 4.72. The number of nitrogens with zero attached hydrogens (tertiary/aromatic N) is 4. The van der Waals surface area contributed by atoms with E-state index in [9.17, 15) is 0 Å². The standard InChI is InChI=1S/C14H17ClN4O/c1-18-13-9(6-16-18)10(15)5-12(17-13)19-7-11(20-2)14(8-19)3-4-14/h5-6,11H,3-4,7-8H2,1-2H3. The van der Waals surface area contributed by atoms with Gasteiger partial charge in [-0.3, -0.25) is 4.68 Å². The average Bonchev–Trinajstić information content (AvgIpc) is 2.95. The minimum absolute atomic E-state index is 0.310. The Hall–Kier alpha value is -1.33. The van der Waals surface area contributed by atoms with Gasteiger partial charge in [0.2, 0.25) is 0 Å². The van der Waals surface area contributed by atoms with E-state index in [1.807, 2.05) is 13.1 Å². The fourth-order valence-corrected chi connectivity index (χ4v) is 3.54. The SMILES string of the molecule is COC1CN(c2cc(Cl)c3cnn(C)c3n2)CC12CC2. The molecule has 5 nitrogen and oxygen atoms in total. The Labute approximate surface area is 122 Å². The number of ether oxygens (including phenoxy) is 1. The molecule has 1 unspecified atom stereocenters. The van der Waals surface area contributed by atoms with Crippen molar-refractivity contribution in [1.82, 2.24) is 14.8 Å². The summed E-state index contributed by atoms with van der Waals surface area (Å²) in [5.41, 5.74) is 1.18. The first-order valence-corrected chi connectivity index (χ1v) is 7.27. The fraction of sp³-hybridized carbons (Fsp3) is 0.571. The maximum atomic E-state index is 6.36. The summed E-state index contributed by atoms with van der Waals surface area (Å²) in [6, 6.07) is 1.94. The van der Waals surface area contributed by atoms with Gasteiger partial charge in [0.05, 0.1) is 22.7 Å². The molecule has 0 aromatic carbocycles. The maximum Gasteiger partial charge on any atom is 0.161 e. The Kier molecular flexibility index (Phi) is 2.54. The van der Waals surface area contributed by atoms with Gasteiger partial charge in [-0.25, -0.2) is 4.98 Å². The molecule has 1 saturated carbocycles. The number of halogens is 1. The smallest absolute Gasteiger partial charge is 0.161 e. The zero-order valence-electron chi connectivity index (χ0n) is 11.6. The Morgan fingerprint density at radius 2 is 2.25 bits per heavy atom. The first-order valence-electron chi connectivity index (χ1n) is 6.89. The van der Waals surface area contributed by atoms with Crippen molar-refractivity contribution < 1.29 is 4.74 Å². The number of hydrogen-bond donors (Lipinski definition) is 0. The van der Waals surface area contributed by atoms with Crippen LogP contribution in [-0.4, -0.2) is 41.1 Å². The lowest BCUT2D eigenvalue weighted by atomic mass is 10.0. The van der Waals surface area contributed by atoms with E-state index in [1.165, 1.54) is 12.8 Å². The lowest BCUT2D eigenvalue weighted by Crippen LogP contribution is -2.23. The van der Waals surface area contributed by atoms with Gasteiger partial charge in [0.25, 0.3) is 0 Å². The van der Waals surface area contributed by atoms with Crippen LogP contribution in [0, 0.1) is 5.41 Å². The van der Waals surface area contributed by atoms with Crippen LogP contribution in [0.25, 0.3) is 11.0 Å². The molecule has 1 spiro atoms. The number of anilines is 1. The van der Waals surface area contributed by atoms with Crippen LogP contribution in [0.4, 0.5) is 5.82 Å². The highest BCUT2D eigenvalue weighted by Crippen LogP contribution is 2.54. The van der Waals surface area contributed by atoms with E-state index >= 15 is 0 Å². The van der Waals surface area contributed by atoms with E-state index in [2.05, 4.69) is 10.00 Å². The highest BCUT2D eigenvalue weighted by Gasteiger charge is 2.55. The predicted octanol–water partition coefficient (Wildman–Crippen LogP) is 2.24. The van der Waals surface area contributed by atoms with E-state index in [4.69, 9.17) is 21.3 Å². The summed E-state index contributed by atoms with van der Waals surface area (Å²) in [7, 11) is 3.69. The molecule has 1 atom stereocenters. The van der Waals surface area contributed by atoms with Crippen molar-refractivity contribution >= 4 is 28.5 Å². The van der Waals surface area contributed by atoms with E-state index in [-0.39, 0.29) is 0 Å². The number of methoxy groups -OCH3 is 1. The molecule has 2 fully saturated rings. The van der Waals surface area contributed by atoms with Gasteiger partial charge in [-0.1, -0.05) is 11.6 Å². The summed E-state index contributed by atoms with van der Waals surface area (Å²) in [6.07, 6.45) is 4.58.